The molecule has 4 rings (SSSR count). The van der Waals surface area contributed by atoms with Crippen molar-refractivity contribution in [3.63, 3.8) is 0 Å². The van der Waals surface area contributed by atoms with E-state index in [1.165, 1.54) is 6.42 Å². The third-order valence-electron chi connectivity index (χ3n) is 7.01. The fourth-order valence-corrected chi connectivity index (χ4v) is 5.78. The zero-order chi connectivity index (χ0) is 24.1. The molecule has 1 saturated carbocycles. The van der Waals surface area contributed by atoms with Crippen LogP contribution in [0.15, 0.2) is 42.7 Å². The minimum Gasteiger partial charge on any atom is -0.339 e. The van der Waals surface area contributed by atoms with Gasteiger partial charge in [0, 0.05) is 50.7 Å². The van der Waals surface area contributed by atoms with Crippen molar-refractivity contribution in [3.8, 4) is 0 Å². The lowest BCUT2D eigenvalue weighted by Crippen LogP contribution is -2.49. The molecule has 2 aliphatic rings. The van der Waals surface area contributed by atoms with Crippen molar-refractivity contribution < 1.29 is 9.59 Å². The second-order valence-corrected chi connectivity index (χ2v) is 10.8. The van der Waals surface area contributed by atoms with Gasteiger partial charge in [0.25, 0.3) is 0 Å². The minimum atomic E-state index is 0.0824. The summed E-state index contributed by atoms with van der Waals surface area (Å²) in [5.74, 6) is 2.05. The summed E-state index contributed by atoms with van der Waals surface area (Å²) in [6.45, 7) is 9.72. The highest BCUT2D eigenvalue weighted by Gasteiger charge is 2.32. The van der Waals surface area contributed by atoms with Crippen molar-refractivity contribution in [2.24, 2.45) is 17.3 Å². The van der Waals surface area contributed by atoms with E-state index in [2.05, 4.69) is 41.0 Å². The maximum atomic E-state index is 12.8. The molecule has 2 fully saturated rings. The van der Waals surface area contributed by atoms with Crippen molar-refractivity contribution in [2.45, 2.75) is 52.9 Å². The fraction of sp³-hybridized carbons (Fsp3) is 0.556. The van der Waals surface area contributed by atoms with Gasteiger partial charge in [-0.1, -0.05) is 32.9 Å². The molecule has 7 heteroatoms. The van der Waals surface area contributed by atoms with Crippen LogP contribution in [-0.4, -0.2) is 52.9 Å². The highest BCUT2D eigenvalue weighted by Crippen LogP contribution is 2.42. The molecular weight excluding hydrogens is 426 g/mol. The van der Waals surface area contributed by atoms with Gasteiger partial charge >= 0.3 is 0 Å². The average molecular weight is 464 g/mol. The van der Waals surface area contributed by atoms with Crippen molar-refractivity contribution in [1.82, 2.24) is 14.9 Å². The lowest BCUT2D eigenvalue weighted by molar-refractivity contribution is -0.130. The first-order valence-electron chi connectivity index (χ1n) is 12.5. The number of hydrogen-bond donors (Lipinski definition) is 1. The molecule has 0 spiro atoms. The second kappa shape index (κ2) is 10.5. The molecule has 2 atom stereocenters. The molecule has 1 aromatic carbocycles. The molecule has 1 aliphatic heterocycles. The summed E-state index contributed by atoms with van der Waals surface area (Å²) in [6.07, 6.45) is 7.90. The Morgan fingerprint density at radius 3 is 2.35 bits per heavy atom. The number of anilines is 2. The van der Waals surface area contributed by atoms with Crippen LogP contribution in [0, 0.1) is 17.3 Å². The van der Waals surface area contributed by atoms with Gasteiger partial charge in [-0.25, -0.2) is 9.97 Å². The van der Waals surface area contributed by atoms with E-state index in [4.69, 9.17) is 0 Å². The first-order valence-corrected chi connectivity index (χ1v) is 12.5. The third kappa shape index (κ3) is 6.55. The van der Waals surface area contributed by atoms with Gasteiger partial charge < -0.3 is 15.1 Å². The van der Waals surface area contributed by atoms with E-state index in [9.17, 15) is 9.59 Å². The largest absolute Gasteiger partial charge is 0.339 e. The number of piperazine rings is 1. The van der Waals surface area contributed by atoms with Crippen molar-refractivity contribution in [2.75, 3.05) is 36.4 Å². The van der Waals surface area contributed by atoms with E-state index in [1.807, 2.05) is 29.2 Å². The smallest absolute Gasteiger partial charge is 0.227 e. The number of amides is 2. The van der Waals surface area contributed by atoms with Gasteiger partial charge in [-0.15, -0.1) is 0 Å². The first-order chi connectivity index (χ1) is 16.3. The van der Waals surface area contributed by atoms with Gasteiger partial charge in [0.05, 0.1) is 6.42 Å². The van der Waals surface area contributed by atoms with E-state index in [0.29, 0.717) is 49.1 Å². The van der Waals surface area contributed by atoms with E-state index in [-0.39, 0.29) is 11.8 Å². The van der Waals surface area contributed by atoms with Gasteiger partial charge in [-0.05, 0) is 60.3 Å². The van der Waals surface area contributed by atoms with Crippen LogP contribution in [0.5, 0.6) is 0 Å². The summed E-state index contributed by atoms with van der Waals surface area (Å²) in [4.78, 5) is 38.0. The Hall–Kier alpha value is -2.96. The summed E-state index contributed by atoms with van der Waals surface area (Å²) >= 11 is 0. The van der Waals surface area contributed by atoms with Crippen molar-refractivity contribution in [1.29, 1.82) is 0 Å². The Morgan fingerprint density at radius 2 is 1.71 bits per heavy atom. The van der Waals surface area contributed by atoms with Gasteiger partial charge in [0.1, 0.15) is 0 Å². The molecule has 34 heavy (non-hydrogen) atoms. The maximum Gasteiger partial charge on any atom is 0.227 e. The molecule has 1 N–H and O–H groups in total. The SMILES string of the molecule is CC1CC(CC(=O)Nc2ccc(CC(=O)N3CCN(c4ncccn4)CC3)cc2)CC(C)(C)C1. The van der Waals surface area contributed by atoms with E-state index >= 15 is 0 Å². The molecule has 0 radical (unpaired) electrons. The van der Waals surface area contributed by atoms with Crippen molar-refractivity contribution in [3.05, 3.63) is 48.3 Å². The normalized spacial score (nSPS) is 22.3. The maximum absolute atomic E-state index is 12.8. The highest BCUT2D eigenvalue weighted by atomic mass is 16.2. The van der Waals surface area contributed by atoms with Crippen LogP contribution in [0.1, 0.15) is 52.0 Å². The van der Waals surface area contributed by atoms with E-state index in [0.717, 1.165) is 37.2 Å². The summed E-state index contributed by atoms with van der Waals surface area (Å²) in [6, 6.07) is 9.48. The second-order valence-electron chi connectivity index (χ2n) is 10.8. The lowest BCUT2D eigenvalue weighted by atomic mass is 9.67. The molecular formula is C27H37N5O2. The van der Waals surface area contributed by atoms with Crippen LogP contribution in [0.25, 0.3) is 0 Å². The molecule has 1 saturated heterocycles. The molecule has 1 aromatic heterocycles. The quantitative estimate of drug-likeness (QED) is 0.696. The van der Waals surface area contributed by atoms with Gasteiger partial charge in [-0.2, -0.15) is 0 Å². The number of carbonyl (C=O) groups excluding carboxylic acids is 2. The summed E-state index contributed by atoms with van der Waals surface area (Å²) in [5.41, 5.74) is 2.07. The monoisotopic (exact) mass is 463 g/mol. The number of aromatic nitrogens is 2. The van der Waals surface area contributed by atoms with Crippen LogP contribution >= 0.6 is 0 Å². The lowest BCUT2D eigenvalue weighted by Gasteiger charge is -2.38. The Kier molecular flexibility index (Phi) is 7.49. The van der Waals surface area contributed by atoms with E-state index in [1.54, 1.807) is 18.5 Å². The van der Waals surface area contributed by atoms with Gasteiger partial charge in [-0.3, -0.25) is 9.59 Å². The number of benzene rings is 1. The minimum absolute atomic E-state index is 0.0824. The zero-order valence-electron chi connectivity index (χ0n) is 20.7. The Morgan fingerprint density at radius 1 is 1.03 bits per heavy atom. The van der Waals surface area contributed by atoms with Crippen LogP contribution in [0.4, 0.5) is 11.6 Å². The molecule has 0 bridgehead atoms. The standard InChI is InChI=1S/C27H37N5O2/c1-20-15-22(19-27(2,3)18-20)16-24(33)30-23-7-5-21(6-8-23)17-25(34)31-11-13-32(14-12-31)26-28-9-4-10-29-26/h4-10,20,22H,11-19H2,1-3H3,(H,30,33). The molecule has 7 nitrogen and oxygen atoms in total. The third-order valence-corrected chi connectivity index (χ3v) is 7.01. The van der Waals surface area contributed by atoms with E-state index < -0.39 is 0 Å². The van der Waals surface area contributed by atoms with Crippen LogP contribution in [-0.2, 0) is 16.0 Å². The number of hydrogen-bond acceptors (Lipinski definition) is 5. The Balaban J connectivity index is 1.23. The number of carbonyl (C=O) groups is 2. The zero-order valence-corrected chi connectivity index (χ0v) is 20.7. The summed E-state index contributed by atoms with van der Waals surface area (Å²) in [5, 5.41) is 3.04. The van der Waals surface area contributed by atoms with Crippen LogP contribution in [0.2, 0.25) is 0 Å². The summed E-state index contributed by atoms with van der Waals surface area (Å²) in [7, 11) is 0. The molecule has 2 amide bonds. The number of nitrogens with zero attached hydrogens (tertiary/aromatic N) is 4. The van der Waals surface area contributed by atoms with Gasteiger partial charge in [0.2, 0.25) is 17.8 Å². The molecule has 182 valence electrons. The van der Waals surface area contributed by atoms with Crippen LogP contribution in [0.3, 0.4) is 0 Å². The Labute approximate surface area is 203 Å². The Bertz CT molecular complexity index is 968. The predicted octanol–water partition coefficient (Wildman–Crippen LogP) is 4.16. The summed E-state index contributed by atoms with van der Waals surface area (Å²) < 4.78 is 0. The molecule has 2 aromatic rings. The highest BCUT2D eigenvalue weighted by molar-refractivity contribution is 5.91. The molecule has 2 heterocycles. The topological polar surface area (TPSA) is 78.4 Å². The first kappa shape index (κ1) is 24.2. The van der Waals surface area contributed by atoms with Gasteiger partial charge in [0.15, 0.2) is 0 Å². The average Bonchev–Trinajstić information content (AvgIpc) is 2.79. The number of nitrogens with one attached hydrogen (secondary N) is 1. The van der Waals surface area contributed by atoms with Crippen LogP contribution < -0.4 is 10.2 Å². The molecule has 1 aliphatic carbocycles. The predicted molar refractivity (Wildman–Crippen MR) is 135 cm³/mol. The molecule has 2 unspecified atom stereocenters. The van der Waals surface area contributed by atoms with Crippen molar-refractivity contribution >= 4 is 23.5 Å². The fourth-order valence-electron chi connectivity index (χ4n) is 5.78. The number of rotatable bonds is 6.